The Morgan fingerprint density at radius 1 is 1.31 bits per heavy atom. The van der Waals surface area contributed by atoms with E-state index >= 15 is 0 Å². The standard InChI is InChI=1S/C17H13N5OS3/c1-2-7-22-14-13(26-17(22)24)16(23)21(10-19-14)8-11-9-25-15(20-11)12-5-3-4-6-18-12/h2-6,9-10H,1,7-8H2. The van der Waals surface area contributed by atoms with Gasteiger partial charge in [0.05, 0.1) is 17.9 Å². The van der Waals surface area contributed by atoms with Crippen LogP contribution >= 0.6 is 34.9 Å². The zero-order valence-electron chi connectivity index (χ0n) is 13.5. The zero-order valence-corrected chi connectivity index (χ0v) is 16.0. The van der Waals surface area contributed by atoms with Crippen LogP contribution in [0.3, 0.4) is 0 Å². The molecule has 0 aliphatic carbocycles. The molecule has 0 saturated carbocycles. The smallest absolute Gasteiger partial charge is 0.273 e. The third kappa shape index (κ3) is 3.05. The monoisotopic (exact) mass is 399 g/mol. The van der Waals surface area contributed by atoms with Crippen molar-refractivity contribution in [3.63, 3.8) is 0 Å². The first kappa shape index (κ1) is 17.0. The van der Waals surface area contributed by atoms with Crippen molar-refractivity contribution in [2.24, 2.45) is 0 Å². The van der Waals surface area contributed by atoms with Crippen LogP contribution in [0.25, 0.3) is 21.0 Å². The van der Waals surface area contributed by atoms with Gasteiger partial charge in [-0.2, -0.15) is 0 Å². The molecule has 4 aromatic rings. The predicted octanol–water partition coefficient (Wildman–Crippen LogP) is 3.74. The molecule has 0 aromatic carbocycles. The van der Waals surface area contributed by atoms with Gasteiger partial charge in [-0.1, -0.05) is 23.5 Å². The van der Waals surface area contributed by atoms with E-state index in [-0.39, 0.29) is 5.56 Å². The normalized spacial score (nSPS) is 11.1. The van der Waals surface area contributed by atoms with Crippen molar-refractivity contribution in [3.8, 4) is 10.7 Å². The maximum absolute atomic E-state index is 12.8. The Bertz CT molecular complexity index is 1200. The maximum atomic E-state index is 12.8. The van der Waals surface area contributed by atoms with E-state index in [9.17, 15) is 4.79 Å². The Kier molecular flexibility index (Phi) is 4.58. The molecule has 0 radical (unpaired) electrons. The summed E-state index contributed by atoms with van der Waals surface area (Å²) >= 11 is 8.12. The van der Waals surface area contributed by atoms with Gasteiger partial charge in [-0.15, -0.1) is 17.9 Å². The lowest BCUT2D eigenvalue weighted by molar-refractivity contribution is 0.728. The molecule has 0 aliphatic rings. The molecule has 0 aliphatic heterocycles. The van der Waals surface area contributed by atoms with Crippen LogP contribution in [0.5, 0.6) is 0 Å². The van der Waals surface area contributed by atoms with Crippen molar-refractivity contribution < 1.29 is 0 Å². The summed E-state index contributed by atoms with van der Waals surface area (Å²) in [5.74, 6) is 0. The second-order valence-electron chi connectivity index (χ2n) is 5.46. The van der Waals surface area contributed by atoms with Gasteiger partial charge >= 0.3 is 0 Å². The van der Waals surface area contributed by atoms with Crippen LogP contribution in [-0.4, -0.2) is 24.1 Å². The zero-order chi connectivity index (χ0) is 18.1. The van der Waals surface area contributed by atoms with E-state index in [0.29, 0.717) is 27.4 Å². The number of allylic oxidation sites excluding steroid dienone is 1. The molecule has 0 unspecified atom stereocenters. The fourth-order valence-electron chi connectivity index (χ4n) is 2.54. The van der Waals surface area contributed by atoms with E-state index in [4.69, 9.17) is 12.2 Å². The van der Waals surface area contributed by atoms with E-state index in [1.54, 1.807) is 23.2 Å². The van der Waals surface area contributed by atoms with Gasteiger partial charge in [-0.3, -0.25) is 14.3 Å². The predicted molar refractivity (Wildman–Crippen MR) is 107 cm³/mol. The first-order chi connectivity index (χ1) is 12.7. The quantitative estimate of drug-likeness (QED) is 0.378. The van der Waals surface area contributed by atoms with Gasteiger partial charge in [0.2, 0.25) is 0 Å². The summed E-state index contributed by atoms with van der Waals surface area (Å²) in [6.45, 7) is 4.62. The molecule has 0 N–H and O–H groups in total. The molecular weight excluding hydrogens is 386 g/mol. The molecule has 4 heterocycles. The van der Waals surface area contributed by atoms with Crippen molar-refractivity contribution in [2.75, 3.05) is 0 Å². The average molecular weight is 400 g/mol. The van der Waals surface area contributed by atoms with Gasteiger partial charge < -0.3 is 4.57 Å². The third-order valence-corrected chi connectivity index (χ3v) is 6.06. The highest BCUT2D eigenvalue weighted by molar-refractivity contribution is 7.73. The number of pyridine rings is 1. The highest BCUT2D eigenvalue weighted by atomic mass is 32.1. The molecule has 0 spiro atoms. The number of rotatable bonds is 5. The molecule has 4 rings (SSSR count). The van der Waals surface area contributed by atoms with Crippen LogP contribution in [-0.2, 0) is 13.1 Å². The van der Waals surface area contributed by atoms with Crippen molar-refractivity contribution in [3.05, 3.63) is 68.8 Å². The lowest BCUT2D eigenvalue weighted by Crippen LogP contribution is -2.21. The molecule has 9 heteroatoms. The minimum absolute atomic E-state index is 0.110. The van der Waals surface area contributed by atoms with Gasteiger partial charge in [0.25, 0.3) is 5.56 Å². The summed E-state index contributed by atoms with van der Waals surface area (Å²) in [4.78, 5) is 26.1. The molecule has 0 atom stereocenters. The second kappa shape index (κ2) is 7.02. The Balaban J connectivity index is 1.69. The third-order valence-electron chi connectivity index (χ3n) is 3.72. The summed E-state index contributed by atoms with van der Waals surface area (Å²) in [5, 5.41) is 2.77. The second-order valence-corrected chi connectivity index (χ2v) is 7.96. The summed E-state index contributed by atoms with van der Waals surface area (Å²) in [6.07, 6.45) is 5.02. The van der Waals surface area contributed by atoms with Crippen molar-refractivity contribution in [2.45, 2.75) is 13.1 Å². The minimum atomic E-state index is -0.110. The molecule has 0 fully saturated rings. The summed E-state index contributed by atoms with van der Waals surface area (Å²) in [6, 6.07) is 5.70. The number of aromatic nitrogens is 5. The Morgan fingerprint density at radius 3 is 2.96 bits per heavy atom. The first-order valence-corrected chi connectivity index (χ1v) is 9.83. The van der Waals surface area contributed by atoms with Gasteiger partial charge in [0.15, 0.2) is 9.60 Å². The van der Waals surface area contributed by atoms with E-state index in [1.165, 1.54) is 22.7 Å². The van der Waals surface area contributed by atoms with Crippen molar-refractivity contribution in [1.82, 2.24) is 24.1 Å². The minimum Gasteiger partial charge on any atom is -0.304 e. The SMILES string of the molecule is C=CCn1c(=S)sc2c(=O)n(Cc3csc(-c4ccccn4)n3)cnc21. The Labute approximate surface area is 161 Å². The molecule has 0 saturated heterocycles. The fourth-order valence-corrected chi connectivity index (χ4v) is 4.64. The van der Waals surface area contributed by atoms with E-state index in [2.05, 4.69) is 21.5 Å². The van der Waals surface area contributed by atoms with Crippen LogP contribution in [0.15, 0.2) is 53.6 Å². The summed E-state index contributed by atoms with van der Waals surface area (Å²) < 4.78 is 4.55. The van der Waals surface area contributed by atoms with Gasteiger partial charge in [0.1, 0.15) is 16.0 Å². The number of hydrogen-bond donors (Lipinski definition) is 0. The molecule has 6 nitrogen and oxygen atoms in total. The Morgan fingerprint density at radius 2 is 2.19 bits per heavy atom. The largest absolute Gasteiger partial charge is 0.304 e. The highest BCUT2D eigenvalue weighted by Gasteiger charge is 2.13. The molecule has 26 heavy (non-hydrogen) atoms. The molecule has 4 aromatic heterocycles. The lowest BCUT2D eigenvalue weighted by atomic mass is 10.3. The Hall–Kier alpha value is -2.49. The summed E-state index contributed by atoms with van der Waals surface area (Å²) in [5.41, 5.74) is 2.12. The lowest BCUT2D eigenvalue weighted by Gasteiger charge is -2.04. The van der Waals surface area contributed by atoms with Crippen LogP contribution in [0, 0.1) is 3.95 Å². The number of nitrogens with zero attached hydrogens (tertiary/aromatic N) is 5. The number of thiazole rings is 2. The highest BCUT2D eigenvalue weighted by Crippen LogP contribution is 2.22. The van der Waals surface area contributed by atoms with Gasteiger partial charge in [-0.25, -0.2) is 9.97 Å². The van der Waals surface area contributed by atoms with E-state index in [1.807, 2.05) is 28.1 Å². The fraction of sp³-hybridized carbons (Fsp3) is 0.118. The summed E-state index contributed by atoms with van der Waals surface area (Å²) in [7, 11) is 0. The van der Waals surface area contributed by atoms with Crippen LogP contribution < -0.4 is 5.56 Å². The molecule has 130 valence electrons. The number of fused-ring (bicyclic) bond motifs is 1. The average Bonchev–Trinajstić information content (AvgIpc) is 3.24. The molecule has 0 amide bonds. The molecule has 0 bridgehead atoms. The van der Waals surface area contributed by atoms with E-state index < -0.39 is 0 Å². The maximum Gasteiger partial charge on any atom is 0.273 e. The van der Waals surface area contributed by atoms with Crippen molar-refractivity contribution >= 4 is 45.2 Å². The topological polar surface area (TPSA) is 65.6 Å². The van der Waals surface area contributed by atoms with Gasteiger partial charge in [0, 0.05) is 18.1 Å². The molecular formula is C17H13N5OS3. The van der Waals surface area contributed by atoms with Crippen LogP contribution in [0.1, 0.15) is 5.69 Å². The van der Waals surface area contributed by atoms with Crippen molar-refractivity contribution in [1.29, 1.82) is 0 Å². The van der Waals surface area contributed by atoms with Gasteiger partial charge in [-0.05, 0) is 24.4 Å². The van der Waals surface area contributed by atoms with Crippen LogP contribution in [0.2, 0.25) is 0 Å². The number of hydrogen-bond acceptors (Lipinski definition) is 7. The first-order valence-electron chi connectivity index (χ1n) is 7.73. The van der Waals surface area contributed by atoms with E-state index in [0.717, 1.165) is 16.4 Å². The van der Waals surface area contributed by atoms with Crippen LogP contribution in [0.4, 0.5) is 0 Å².